The normalized spacial score (nSPS) is 11.8. The fraction of sp³-hybridized carbons (Fsp3) is 0.364. The number of amides is 2. The summed E-state index contributed by atoms with van der Waals surface area (Å²) in [5.74, 6) is -0.192. The summed E-state index contributed by atoms with van der Waals surface area (Å²) in [5.41, 5.74) is 0.918. The molecule has 5 nitrogen and oxygen atoms in total. The fourth-order valence-corrected chi connectivity index (χ4v) is 2.57. The Morgan fingerprint density at radius 1 is 1.04 bits per heavy atom. The van der Waals surface area contributed by atoms with Crippen LogP contribution in [0.1, 0.15) is 26.3 Å². The first-order chi connectivity index (χ1) is 13.4. The fourth-order valence-electron chi connectivity index (χ4n) is 2.57. The molecular weight excluding hydrogens is 359 g/mol. The number of rotatable bonds is 9. The van der Waals surface area contributed by atoms with E-state index in [2.05, 4.69) is 5.32 Å². The van der Waals surface area contributed by atoms with Crippen molar-refractivity contribution in [1.29, 1.82) is 0 Å². The van der Waals surface area contributed by atoms with Crippen LogP contribution in [0, 0.1) is 11.7 Å². The van der Waals surface area contributed by atoms with Gasteiger partial charge in [-0.2, -0.15) is 0 Å². The minimum Gasteiger partial charge on any atom is -0.484 e. The van der Waals surface area contributed by atoms with Crippen LogP contribution in [0.5, 0.6) is 5.75 Å². The first kappa shape index (κ1) is 21.4. The van der Waals surface area contributed by atoms with Gasteiger partial charge in [-0.1, -0.05) is 44.2 Å². The van der Waals surface area contributed by atoms with Crippen LogP contribution in [0.3, 0.4) is 0 Å². The Morgan fingerprint density at radius 3 is 2.29 bits per heavy atom. The molecule has 2 aromatic rings. The Kier molecular flexibility index (Phi) is 7.99. The minimum absolute atomic E-state index is 0.209. The van der Waals surface area contributed by atoms with E-state index in [0.717, 1.165) is 5.56 Å². The lowest BCUT2D eigenvalue weighted by atomic mass is 10.1. The topological polar surface area (TPSA) is 58.6 Å². The second-order valence-electron chi connectivity index (χ2n) is 7.06. The zero-order valence-corrected chi connectivity index (χ0v) is 16.5. The molecule has 0 saturated heterocycles. The van der Waals surface area contributed by atoms with Gasteiger partial charge in [0, 0.05) is 13.1 Å². The molecule has 0 aliphatic carbocycles. The predicted molar refractivity (Wildman–Crippen MR) is 106 cm³/mol. The van der Waals surface area contributed by atoms with Gasteiger partial charge in [0.1, 0.15) is 17.6 Å². The maximum atomic E-state index is 13.0. The van der Waals surface area contributed by atoms with E-state index in [4.69, 9.17) is 4.74 Å². The predicted octanol–water partition coefficient (Wildman–Crippen LogP) is 3.39. The maximum Gasteiger partial charge on any atom is 0.261 e. The van der Waals surface area contributed by atoms with Gasteiger partial charge in [-0.3, -0.25) is 9.59 Å². The quantitative estimate of drug-likeness (QED) is 0.719. The SMILES string of the molecule is CC(C)CNC(=O)[C@H](C)N(Cc1ccccc1)C(=O)COc1ccc(F)cc1. The Bertz CT molecular complexity index is 763. The zero-order chi connectivity index (χ0) is 20.5. The summed E-state index contributed by atoms with van der Waals surface area (Å²) in [4.78, 5) is 26.8. The van der Waals surface area contributed by atoms with Crippen molar-refractivity contribution in [3.05, 3.63) is 66.0 Å². The van der Waals surface area contributed by atoms with Gasteiger partial charge in [0.05, 0.1) is 0 Å². The van der Waals surface area contributed by atoms with Gasteiger partial charge in [0.25, 0.3) is 5.91 Å². The third-order valence-corrected chi connectivity index (χ3v) is 4.22. The Balaban J connectivity index is 2.08. The summed E-state index contributed by atoms with van der Waals surface area (Å²) < 4.78 is 18.5. The molecule has 0 aliphatic rings. The summed E-state index contributed by atoms with van der Waals surface area (Å²) in [5, 5.41) is 2.87. The molecule has 28 heavy (non-hydrogen) atoms. The second kappa shape index (κ2) is 10.4. The molecule has 0 fully saturated rings. The summed E-state index contributed by atoms with van der Waals surface area (Å²) in [7, 11) is 0. The van der Waals surface area contributed by atoms with Crippen LogP contribution in [0.15, 0.2) is 54.6 Å². The molecule has 0 spiro atoms. The van der Waals surface area contributed by atoms with Crippen molar-refractivity contribution in [2.24, 2.45) is 5.92 Å². The number of carbonyl (C=O) groups is 2. The van der Waals surface area contributed by atoms with E-state index in [1.807, 2.05) is 44.2 Å². The monoisotopic (exact) mass is 386 g/mol. The number of nitrogens with zero attached hydrogens (tertiary/aromatic N) is 1. The van der Waals surface area contributed by atoms with Crippen molar-refractivity contribution < 1.29 is 18.7 Å². The molecule has 6 heteroatoms. The molecule has 0 heterocycles. The number of halogens is 1. The van der Waals surface area contributed by atoms with Crippen LogP contribution in [0.4, 0.5) is 4.39 Å². The van der Waals surface area contributed by atoms with Crippen LogP contribution < -0.4 is 10.1 Å². The average molecular weight is 386 g/mol. The highest BCUT2D eigenvalue weighted by Gasteiger charge is 2.26. The zero-order valence-electron chi connectivity index (χ0n) is 16.5. The van der Waals surface area contributed by atoms with E-state index in [9.17, 15) is 14.0 Å². The minimum atomic E-state index is -0.650. The third-order valence-electron chi connectivity index (χ3n) is 4.22. The molecule has 1 atom stereocenters. The van der Waals surface area contributed by atoms with Crippen LogP contribution in [0.2, 0.25) is 0 Å². The van der Waals surface area contributed by atoms with E-state index in [1.54, 1.807) is 6.92 Å². The lowest BCUT2D eigenvalue weighted by Crippen LogP contribution is -2.49. The largest absolute Gasteiger partial charge is 0.484 e. The van der Waals surface area contributed by atoms with Crippen LogP contribution in [-0.4, -0.2) is 35.9 Å². The Labute approximate surface area is 165 Å². The van der Waals surface area contributed by atoms with E-state index in [-0.39, 0.29) is 24.2 Å². The number of ether oxygens (including phenoxy) is 1. The molecule has 0 unspecified atom stereocenters. The molecule has 0 bridgehead atoms. The van der Waals surface area contributed by atoms with Crippen molar-refractivity contribution in [3.63, 3.8) is 0 Å². The van der Waals surface area contributed by atoms with Crippen molar-refractivity contribution in [2.45, 2.75) is 33.4 Å². The smallest absolute Gasteiger partial charge is 0.261 e. The molecule has 0 aromatic heterocycles. The molecule has 0 saturated carbocycles. The van der Waals surface area contributed by atoms with Gasteiger partial charge in [0.2, 0.25) is 5.91 Å². The lowest BCUT2D eigenvalue weighted by molar-refractivity contribution is -0.142. The number of hydrogen-bond donors (Lipinski definition) is 1. The number of hydrogen-bond acceptors (Lipinski definition) is 3. The number of benzene rings is 2. The molecule has 1 N–H and O–H groups in total. The van der Waals surface area contributed by atoms with E-state index in [0.29, 0.717) is 24.8 Å². The van der Waals surface area contributed by atoms with Crippen molar-refractivity contribution in [2.75, 3.05) is 13.2 Å². The summed E-state index contributed by atoms with van der Waals surface area (Å²) in [6.07, 6.45) is 0. The standard InChI is InChI=1S/C22H27FN2O3/c1-16(2)13-24-22(27)17(3)25(14-18-7-5-4-6-8-18)21(26)15-28-20-11-9-19(23)10-12-20/h4-12,16-17H,13-15H2,1-3H3,(H,24,27)/t17-/m0/s1. The highest BCUT2D eigenvalue weighted by molar-refractivity contribution is 5.87. The molecule has 0 aliphatic heterocycles. The van der Waals surface area contributed by atoms with Crippen LogP contribution >= 0.6 is 0 Å². The summed E-state index contributed by atoms with van der Waals surface area (Å²) in [6.45, 7) is 6.32. The highest BCUT2D eigenvalue weighted by Crippen LogP contribution is 2.13. The number of nitrogens with one attached hydrogen (secondary N) is 1. The van der Waals surface area contributed by atoms with E-state index >= 15 is 0 Å². The third kappa shape index (κ3) is 6.68. The van der Waals surface area contributed by atoms with Gasteiger partial charge in [-0.25, -0.2) is 4.39 Å². The maximum absolute atomic E-state index is 13.0. The molecule has 0 radical (unpaired) electrons. The van der Waals surface area contributed by atoms with E-state index in [1.165, 1.54) is 29.2 Å². The average Bonchev–Trinajstić information content (AvgIpc) is 2.69. The molecule has 150 valence electrons. The second-order valence-corrected chi connectivity index (χ2v) is 7.06. The number of carbonyl (C=O) groups excluding carboxylic acids is 2. The highest BCUT2D eigenvalue weighted by atomic mass is 19.1. The lowest BCUT2D eigenvalue weighted by Gasteiger charge is -2.29. The molecule has 2 rings (SSSR count). The van der Waals surface area contributed by atoms with Gasteiger partial charge in [-0.15, -0.1) is 0 Å². The van der Waals surface area contributed by atoms with Crippen molar-refractivity contribution >= 4 is 11.8 Å². The van der Waals surface area contributed by atoms with Crippen molar-refractivity contribution in [1.82, 2.24) is 10.2 Å². The Morgan fingerprint density at radius 2 is 1.68 bits per heavy atom. The van der Waals surface area contributed by atoms with Gasteiger partial charge < -0.3 is 15.0 Å². The first-order valence-corrected chi connectivity index (χ1v) is 9.36. The van der Waals surface area contributed by atoms with Gasteiger partial charge in [-0.05, 0) is 42.7 Å². The summed E-state index contributed by atoms with van der Waals surface area (Å²) in [6, 6.07) is 14.3. The first-order valence-electron chi connectivity index (χ1n) is 9.36. The van der Waals surface area contributed by atoms with E-state index < -0.39 is 6.04 Å². The molecule has 2 aromatic carbocycles. The van der Waals surface area contributed by atoms with Gasteiger partial charge >= 0.3 is 0 Å². The van der Waals surface area contributed by atoms with Gasteiger partial charge in [0.15, 0.2) is 6.61 Å². The summed E-state index contributed by atoms with van der Waals surface area (Å²) >= 11 is 0. The van der Waals surface area contributed by atoms with Crippen LogP contribution in [-0.2, 0) is 16.1 Å². The van der Waals surface area contributed by atoms with Crippen LogP contribution in [0.25, 0.3) is 0 Å². The molecular formula is C22H27FN2O3. The van der Waals surface area contributed by atoms with Crippen molar-refractivity contribution in [3.8, 4) is 5.75 Å². The molecule has 2 amide bonds. The Hall–Kier alpha value is -2.89.